The summed E-state index contributed by atoms with van der Waals surface area (Å²) in [7, 11) is 6.54. The van der Waals surface area contributed by atoms with E-state index >= 15 is 0 Å². The molecule has 98 valence electrons. The second-order valence-electron chi connectivity index (χ2n) is 6.21. The number of hydrogen-bond acceptors (Lipinski definition) is 0. The van der Waals surface area contributed by atoms with Gasteiger partial charge in [-0.25, -0.2) is 0 Å². The topological polar surface area (TPSA) is 0 Å². The van der Waals surface area contributed by atoms with Crippen LogP contribution in [0, 0.1) is 0 Å². The van der Waals surface area contributed by atoms with Gasteiger partial charge in [-0.3, -0.25) is 0 Å². The second-order valence-corrected chi connectivity index (χ2v) is 6.21. The van der Waals surface area contributed by atoms with E-state index in [1.54, 1.807) is 0 Å². The Morgan fingerprint density at radius 3 is 1.65 bits per heavy atom. The minimum Gasteiger partial charge on any atom is -0.331 e. The second kappa shape index (κ2) is 6.80. The fourth-order valence-corrected chi connectivity index (χ4v) is 1.09. The van der Waals surface area contributed by atoms with Crippen molar-refractivity contribution in [2.24, 2.45) is 0 Å². The summed E-state index contributed by atoms with van der Waals surface area (Å²) >= 11 is 0. The van der Waals surface area contributed by atoms with E-state index in [0.29, 0.717) is 5.41 Å². The molecule has 0 aliphatic heterocycles. The predicted octanol–water partition coefficient (Wildman–Crippen LogP) is 4.09. The van der Waals surface area contributed by atoms with Gasteiger partial charge in [-0.2, -0.15) is 0 Å². The van der Waals surface area contributed by atoms with Gasteiger partial charge < -0.3 is 4.48 Å². The summed E-state index contributed by atoms with van der Waals surface area (Å²) in [6, 6.07) is 10.7. The average Bonchev–Trinajstić information content (AvgIpc) is 2.30. The molecule has 0 bridgehead atoms. The van der Waals surface area contributed by atoms with Crippen molar-refractivity contribution in [3.8, 4) is 0 Å². The zero-order chi connectivity index (χ0) is 13.5. The first-order valence-electron chi connectivity index (χ1n) is 6.59. The van der Waals surface area contributed by atoms with Crippen LogP contribution in [0.3, 0.4) is 0 Å². The minimum absolute atomic E-state index is 0.335. The Kier molecular flexibility index (Phi) is 6.48. The van der Waals surface area contributed by atoms with Gasteiger partial charge in [0, 0.05) is 0 Å². The normalized spacial score (nSPS) is 11.7. The molecular formula is C16H30N+. The first-order chi connectivity index (χ1) is 7.73. The maximum absolute atomic E-state index is 2.28. The Morgan fingerprint density at radius 2 is 1.35 bits per heavy atom. The molecule has 1 aromatic carbocycles. The monoisotopic (exact) mass is 236 g/mol. The first kappa shape index (κ1) is 16.2. The summed E-state index contributed by atoms with van der Waals surface area (Å²) in [5.74, 6) is 0. The summed E-state index contributed by atoms with van der Waals surface area (Å²) in [6.07, 6.45) is 1.19. The van der Waals surface area contributed by atoms with E-state index in [2.05, 4.69) is 79.2 Å². The number of nitrogens with zero attached hydrogens (tertiary/aromatic N) is 1. The van der Waals surface area contributed by atoms with E-state index in [1.165, 1.54) is 18.5 Å². The molecule has 1 nitrogen and oxygen atoms in total. The highest BCUT2D eigenvalue weighted by Crippen LogP contribution is 2.25. The van der Waals surface area contributed by atoms with Crippen molar-refractivity contribution < 1.29 is 4.48 Å². The Labute approximate surface area is 108 Å². The molecule has 1 heteroatoms. The van der Waals surface area contributed by atoms with Crippen LogP contribution in [-0.4, -0.2) is 32.2 Å². The van der Waals surface area contributed by atoms with E-state index in [0.717, 1.165) is 4.48 Å². The van der Waals surface area contributed by atoms with Crippen LogP contribution in [-0.2, 0) is 5.41 Å². The van der Waals surface area contributed by atoms with Gasteiger partial charge in [0.2, 0.25) is 0 Å². The van der Waals surface area contributed by atoms with Crippen molar-refractivity contribution in [1.29, 1.82) is 0 Å². The van der Waals surface area contributed by atoms with Crippen LogP contribution in [0.15, 0.2) is 30.3 Å². The minimum atomic E-state index is 0.335. The van der Waals surface area contributed by atoms with Crippen molar-refractivity contribution in [1.82, 2.24) is 0 Å². The Balaban J connectivity index is 0.000000366. The Bertz CT molecular complexity index is 293. The summed E-state index contributed by atoms with van der Waals surface area (Å²) in [6.45, 7) is 10.2. The first-order valence-corrected chi connectivity index (χ1v) is 6.59. The lowest BCUT2D eigenvalue weighted by Crippen LogP contribution is -2.33. The van der Waals surface area contributed by atoms with Crippen LogP contribution in [0.25, 0.3) is 0 Å². The molecule has 0 amide bonds. The molecular weight excluding hydrogens is 206 g/mol. The number of hydrogen-bond donors (Lipinski definition) is 0. The molecule has 17 heavy (non-hydrogen) atoms. The smallest absolute Gasteiger partial charge is 0.0751 e. The van der Waals surface area contributed by atoms with E-state index in [9.17, 15) is 0 Å². The van der Waals surface area contributed by atoms with Crippen molar-refractivity contribution in [3.05, 3.63) is 35.9 Å². The number of rotatable bonds is 3. The van der Waals surface area contributed by atoms with Crippen LogP contribution in [0.5, 0.6) is 0 Å². The van der Waals surface area contributed by atoms with Crippen LogP contribution >= 0.6 is 0 Å². The molecule has 0 fully saturated rings. The van der Waals surface area contributed by atoms with Crippen LogP contribution in [0.1, 0.15) is 39.7 Å². The van der Waals surface area contributed by atoms with Gasteiger partial charge in [0.1, 0.15) is 0 Å². The lowest BCUT2D eigenvalue weighted by Gasteiger charge is -2.22. The van der Waals surface area contributed by atoms with Crippen molar-refractivity contribution in [2.45, 2.75) is 39.5 Å². The zero-order valence-electron chi connectivity index (χ0n) is 12.7. The van der Waals surface area contributed by atoms with Crippen LogP contribution in [0.2, 0.25) is 0 Å². The molecule has 1 rings (SSSR count). The number of benzene rings is 1. The highest BCUT2D eigenvalue weighted by molar-refractivity contribution is 5.22. The molecule has 0 saturated carbocycles. The largest absolute Gasteiger partial charge is 0.331 e. The zero-order valence-corrected chi connectivity index (χ0v) is 12.7. The molecule has 1 aromatic rings. The Hall–Kier alpha value is -0.820. The van der Waals surface area contributed by atoms with Gasteiger partial charge in [-0.1, -0.05) is 51.1 Å². The van der Waals surface area contributed by atoms with Gasteiger partial charge in [-0.15, -0.1) is 0 Å². The average molecular weight is 236 g/mol. The van der Waals surface area contributed by atoms with Gasteiger partial charge in [0.05, 0.1) is 27.7 Å². The van der Waals surface area contributed by atoms with E-state index in [1.807, 2.05) is 0 Å². The third kappa shape index (κ3) is 7.17. The SMILES string of the molecule is CCC(C)(C)c1ccccc1.CC[N+](C)(C)C. The summed E-state index contributed by atoms with van der Waals surface area (Å²) in [5.41, 5.74) is 1.77. The molecule has 0 aliphatic carbocycles. The molecule has 0 radical (unpaired) electrons. The quantitative estimate of drug-likeness (QED) is 0.694. The maximum Gasteiger partial charge on any atom is 0.0751 e. The highest BCUT2D eigenvalue weighted by atomic mass is 15.3. The third-order valence-electron chi connectivity index (χ3n) is 3.39. The molecule has 0 unspecified atom stereocenters. The number of quaternary nitrogens is 1. The van der Waals surface area contributed by atoms with Crippen LogP contribution < -0.4 is 0 Å². The molecule has 0 aliphatic rings. The van der Waals surface area contributed by atoms with E-state index in [-0.39, 0.29) is 0 Å². The summed E-state index contributed by atoms with van der Waals surface area (Å²) < 4.78 is 1.07. The van der Waals surface area contributed by atoms with Gasteiger partial charge in [-0.05, 0) is 24.3 Å². The summed E-state index contributed by atoms with van der Waals surface area (Å²) in [5, 5.41) is 0. The van der Waals surface area contributed by atoms with Gasteiger partial charge >= 0.3 is 0 Å². The van der Waals surface area contributed by atoms with E-state index in [4.69, 9.17) is 0 Å². The van der Waals surface area contributed by atoms with Crippen molar-refractivity contribution >= 4 is 0 Å². The fourth-order valence-electron chi connectivity index (χ4n) is 1.09. The molecule has 0 atom stereocenters. The molecule has 0 spiro atoms. The predicted molar refractivity (Wildman–Crippen MR) is 78.3 cm³/mol. The highest BCUT2D eigenvalue weighted by Gasteiger charge is 2.16. The summed E-state index contributed by atoms with van der Waals surface area (Å²) in [4.78, 5) is 0. The molecule has 0 saturated heterocycles. The van der Waals surface area contributed by atoms with Gasteiger partial charge in [0.15, 0.2) is 0 Å². The lowest BCUT2D eigenvalue weighted by atomic mass is 9.82. The van der Waals surface area contributed by atoms with E-state index < -0.39 is 0 Å². The molecule has 0 heterocycles. The standard InChI is InChI=1S/C11H16.C5H14N/c1-4-11(2,3)10-8-6-5-7-9-10;1-5-6(2,3)4/h5-9H,4H2,1-3H3;5H2,1-4H3/q;+1. The Morgan fingerprint density at radius 1 is 0.941 bits per heavy atom. The molecule has 0 aromatic heterocycles. The molecule has 0 N–H and O–H groups in total. The van der Waals surface area contributed by atoms with Crippen molar-refractivity contribution in [3.63, 3.8) is 0 Å². The van der Waals surface area contributed by atoms with Crippen molar-refractivity contribution in [2.75, 3.05) is 27.7 Å². The third-order valence-corrected chi connectivity index (χ3v) is 3.39. The van der Waals surface area contributed by atoms with Crippen LogP contribution in [0.4, 0.5) is 0 Å². The fraction of sp³-hybridized carbons (Fsp3) is 0.625. The van der Waals surface area contributed by atoms with Gasteiger partial charge in [0.25, 0.3) is 0 Å². The lowest BCUT2D eigenvalue weighted by molar-refractivity contribution is -0.868. The maximum atomic E-state index is 2.28.